The van der Waals surface area contributed by atoms with E-state index < -0.39 is 0 Å². The second-order valence-electron chi connectivity index (χ2n) is 7.32. The number of fused-ring (bicyclic) bond motifs is 1. The van der Waals surface area contributed by atoms with Crippen LogP contribution in [0, 0.1) is 6.92 Å². The van der Waals surface area contributed by atoms with Crippen molar-refractivity contribution in [2.24, 2.45) is 7.05 Å². The molecule has 0 aliphatic heterocycles. The van der Waals surface area contributed by atoms with Crippen LogP contribution in [0.2, 0.25) is 5.02 Å². The Balaban J connectivity index is 1.69. The predicted molar refractivity (Wildman–Crippen MR) is 144 cm³/mol. The van der Waals surface area contributed by atoms with Crippen molar-refractivity contribution in [2.75, 3.05) is 9.45 Å². The van der Waals surface area contributed by atoms with Gasteiger partial charge in [-0.15, -0.1) is 0 Å². The van der Waals surface area contributed by atoms with Crippen LogP contribution in [-0.2, 0) is 13.7 Å². The first-order valence-electron chi connectivity index (χ1n) is 10.3. The zero-order valence-corrected chi connectivity index (χ0v) is 22.2. The average molecular weight is 592 g/mol. The van der Waals surface area contributed by atoms with E-state index in [-0.39, 0.29) is 0 Å². The maximum absolute atomic E-state index is 6.53. The number of para-hydroxylation sites is 1. The third kappa shape index (κ3) is 5.28. The summed E-state index contributed by atoms with van der Waals surface area (Å²) in [5.41, 5.74) is 3.73. The van der Waals surface area contributed by atoms with Gasteiger partial charge in [0.2, 0.25) is 0 Å². The zero-order chi connectivity index (χ0) is 23.4. The Hall–Kier alpha value is -2.30. The average Bonchev–Trinajstić information content (AvgIpc) is 3.21. The first-order valence-corrected chi connectivity index (χ1v) is 13.0. The van der Waals surface area contributed by atoms with Crippen LogP contribution in [0.15, 0.2) is 71.4 Å². The zero-order valence-electron chi connectivity index (χ0n) is 18.5. The quantitative estimate of drug-likeness (QED) is 0.128. The van der Waals surface area contributed by atoms with Crippen molar-refractivity contribution < 1.29 is 4.74 Å². The van der Waals surface area contributed by atoms with Gasteiger partial charge in [-0.3, -0.25) is 4.98 Å². The highest BCUT2D eigenvalue weighted by Crippen LogP contribution is 2.36. The number of hydrogen-bond acceptors (Lipinski definition) is 6. The number of imidazole rings is 1. The number of aromatic nitrogens is 4. The summed E-state index contributed by atoms with van der Waals surface area (Å²) < 4.78 is 9.09. The fraction of sp³-hybridized carbons (Fsp3) is 0.208. The summed E-state index contributed by atoms with van der Waals surface area (Å²) in [4.78, 5) is 16.6. The van der Waals surface area contributed by atoms with Gasteiger partial charge in [0.25, 0.3) is 0 Å². The first kappa shape index (κ1) is 23.8. The Bertz CT molecular complexity index is 1310. The Kier molecular flexibility index (Phi) is 7.77. The van der Waals surface area contributed by atoms with Crippen LogP contribution in [0.4, 0.5) is 5.69 Å². The summed E-state index contributed by atoms with van der Waals surface area (Å²) in [6.45, 7) is 4.31. The lowest BCUT2D eigenvalue weighted by Crippen LogP contribution is -2.13. The normalized spacial score (nSPS) is 11.4. The van der Waals surface area contributed by atoms with Crippen molar-refractivity contribution >= 4 is 62.5 Å². The number of anilines is 1. The van der Waals surface area contributed by atoms with Crippen molar-refractivity contribution in [2.45, 2.75) is 30.5 Å². The summed E-state index contributed by atoms with van der Waals surface area (Å²) in [5, 5.41) is 2.45. The van der Waals surface area contributed by atoms with Gasteiger partial charge in [-0.2, -0.15) is 0 Å². The number of halogens is 2. The molecule has 0 fully saturated rings. The molecule has 1 aromatic carbocycles. The van der Waals surface area contributed by atoms with Crippen LogP contribution >= 0.6 is 46.0 Å². The number of rotatable bonds is 8. The predicted octanol–water partition coefficient (Wildman–Crippen LogP) is 6.79. The van der Waals surface area contributed by atoms with Crippen LogP contribution in [0.1, 0.15) is 18.2 Å². The van der Waals surface area contributed by atoms with E-state index in [9.17, 15) is 0 Å². The number of benzene rings is 1. The highest BCUT2D eigenvalue weighted by molar-refractivity contribution is 14.1. The Morgan fingerprint density at radius 1 is 1.30 bits per heavy atom. The fourth-order valence-electron chi connectivity index (χ4n) is 3.42. The minimum absolute atomic E-state index is 0.295. The van der Waals surface area contributed by atoms with E-state index in [1.807, 2.05) is 49.9 Å². The van der Waals surface area contributed by atoms with E-state index in [1.165, 1.54) is 11.8 Å². The summed E-state index contributed by atoms with van der Waals surface area (Å²) in [7, 11) is 1.96. The van der Waals surface area contributed by atoms with E-state index in [1.54, 1.807) is 18.6 Å². The summed E-state index contributed by atoms with van der Waals surface area (Å²) in [6.07, 6.45) is 11.2. The molecule has 0 saturated carbocycles. The lowest BCUT2D eigenvalue weighted by atomic mass is 10.1. The number of allylic oxidation sites excluding steroid dienone is 1. The number of nitrogens with zero attached hydrogens (tertiary/aromatic N) is 5. The summed E-state index contributed by atoms with van der Waals surface area (Å²) >= 11 is 10.4. The van der Waals surface area contributed by atoms with Crippen molar-refractivity contribution in [3.63, 3.8) is 0 Å². The molecule has 0 saturated heterocycles. The third-order valence-electron chi connectivity index (χ3n) is 4.99. The molecule has 9 heteroatoms. The van der Waals surface area contributed by atoms with Crippen LogP contribution in [0.3, 0.4) is 0 Å². The molecule has 6 nitrogen and oxygen atoms in total. The topological polar surface area (TPSA) is 56.1 Å². The summed E-state index contributed by atoms with van der Waals surface area (Å²) in [6, 6.07) is 8.13. The van der Waals surface area contributed by atoms with E-state index in [0.29, 0.717) is 17.4 Å². The molecule has 0 aliphatic rings. The van der Waals surface area contributed by atoms with Crippen molar-refractivity contribution in [1.82, 2.24) is 19.5 Å². The molecule has 3 aromatic heterocycles. The molecule has 0 N–H and O–H groups in total. The highest BCUT2D eigenvalue weighted by Gasteiger charge is 2.16. The van der Waals surface area contributed by atoms with Crippen LogP contribution in [0.5, 0.6) is 5.75 Å². The lowest BCUT2D eigenvalue weighted by molar-refractivity contribution is 0.306. The van der Waals surface area contributed by atoms with Gasteiger partial charge in [-0.1, -0.05) is 52.4 Å². The van der Waals surface area contributed by atoms with Gasteiger partial charge in [-0.05, 0) is 37.7 Å². The molecule has 0 aliphatic carbocycles. The van der Waals surface area contributed by atoms with Crippen molar-refractivity contribution in [3.05, 3.63) is 77.6 Å². The number of alkyl halides is 1. The smallest absolute Gasteiger partial charge is 0.172 e. The largest absolute Gasteiger partial charge is 0.487 e. The third-order valence-corrected chi connectivity index (χ3v) is 7.20. The van der Waals surface area contributed by atoms with Crippen molar-refractivity contribution in [1.29, 1.82) is 0 Å². The first-order chi connectivity index (χ1) is 16.0. The van der Waals surface area contributed by atoms with E-state index >= 15 is 0 Å². The van der Waals surface area contributed by atoms with Crippen LogP contribution in [0.25, 0.3) is 10.9 Å². The molecule has 0 unspecified atom stereocenters. The molecule has 0 atom stereocenters. The van der Waals surface area contributed by atoms with Gasteiger partial charge >= 0.3 is 0 Å². The molecule has 0 spiro atoms. The van der Waals surface area contributed by atoms with Gasteiger partial charge < -0.3 is 14.2 Å². The number of pyridine rings is 2. The Morgan fingerprint density at radius 2 is 2.15 bits per heavy atom. The van der Waals surface area contributed by atoms with E-state index in [4.69, 9.17) is 21.3 Å². The molecule has 170 valence electrons. The Labute approximate surface area is 216 Å². The molecule has 4 aromatic rings. The lowest BCUT2D eigenvalue weighted by Gasteiger charge is -2.21. The number of aryl methyl sites for hydroxylation is 2. The highest BCUT2D eigenvalue weighted by atomic mass is 127. The fourth-order valence-corrected chi connectivity index (χ4v) is 5.20. The molecule has 3 heterocycles. The van der Waals surface area contributed by atoms with Gasteiger partial charge in [0.05, 0.1) is 15.3 Å². The van der Waals surface area contributed by atoms with E-state index in [0.717, 1.165) is 42.5 Å². The maximum Gasteiger partial charge on any atom is 0.172 e. The molecule has 0 amide bonds. The Morgan fingerprint density at radius 3 is 2.88 bits per heavy atom. The summed E-state index contributed by atoms with van der Waals surface area (Å²) in [5.74, 6) is 0.715. The number of ether oxygens (including phenoxy) is 1. The minimum atomic E-state index is 0.295. The maximum atomic E-state index is 6.53. The molecule has 33 heavy (non-hydrogen) atoms. The molecular formula is C24H23ClIN5OS. The number of hydrogen-bond donors (Lipinski definition) is 0. The molecule has 0 radical (unpaired) electrons. The van der Waals surface area contributed by atoms with Crippen LogP contribution in [-0.4, -0.2) is 24.1 Å². The molecule has 0 bridgehead atoms. The van der Waals surface area contributed by atoms with Gasteiger partial charge in [0.15, 0.2) is 5.16 Å². The second kappa shape index (κ2) is 10.8. The van der Waals surface area contributed by atoms with Crippen molar-refractivity contribution in [3.8, 4) is 5.75 Å². The molecule has 4 rings (SSSR count). The van der Waals surface area contributed by atoms with Crippen LogP contribution < -0.4 is 9.64 Å². The minimum Gasteiger partial charge on any atom is -0.487 e. The van der Waals surface area contributed by atoms with Gasteiger partial charge in [0, 0.05) is 59.6 Å². The molecular weight excluding hydrogens is 569 g/mol. The van der Waals surface area contributed by atoms with Gasteiger partial charge in [0.1, 0.15) is 17.9 Å². The standard InChI is InChI=1S/C24H23ClIN5OS/c1-4-9-31(15-26)20-11-16(2)29-23-17(20)6-5-7-21(23)32-14-18-19(25)12-27-13-22(18)33-24-28-8-10-30(24)3/h4-13H,14-15H2,1-3H3/b9-4-. The monoisotopic (exact) mass is 591 g/mol. The second-order valence-corrected chi connectivity index (χ2v) is 9.41. The van der Waals surface area contributed by atoms with E-state index in [2.05, 4.69) is 55.8 Å². The SMILES string of the molecule is C/C=C\N(CI)c1cc(C)nc2c(OCc3c(Cl)cncc3Sc3nccn3C)cccc12. The van der Waals surface area contributed by atoms with Gasteiger partial charge in [-0.25, -0.2) is 9.97 Å².